The molecule has 122 valence electrons. The molecule has 0 amide bonds. The van der Waals surface area contributed by atoms with Gasteiger partial charge in [-0.25, -0.2) is 4.79 Å². The van der Waals surface area contributed by atoms with Gasteiger partial charge >= 0.3 is 17.9 Å². The predicted octanol–water partition coefficient (Wildman–Crippen LogP) is 0.622. The van der Waals surface area contributed by atoms with E-state index in [1.807, 2.05) is 6.07 Å². The van der Waals surface area contributed by atoms with Gasteiger partial charge in [-0.1, -0.05) is 18.2 Å². The molecule has 1 aromatic rings. The molecule has 0 saturated carbocycles. The van der Waals surface area contributed by atoms with Crippen LogP contribution >= 0.6 is 0 Å². The van der Waals surface area contributed by atoms with E-state index >= 15 is 0 Å². The highest BCUT2D eigenvalue weighted by atomic mass is 16.5. The Kier molecular flexibility index (Phi) is 8.24. The van der Waals surface area contributed by atoms with Crippen molar-refractivity contribution in [1.29, 1.82) is 0 Å². The van der Waals surface area contributed by atoms with Crippen molar-refractivity contribution in [3.8, 4) is 5.75 Å². The van der Waals surface area contributed by atoms with Gasteiger partial charge in [0.15, 0.2) is 5.60 Å². The van der Waals surface area contributed by atoms with E-state index in [9.17, 15) is 19.5 Å². The van der Waals surface area contributed by atoms with Gasteiger partial charge in [-0.2, -0.15) is 0 Å². The lowest BCUT2D eigenvalue weighted by molar-refractivity contribution is -0.171. The normalized spacial score (nSPS) is 12.3. The molecule has 0 radical (unpaired) electrons. The van der Waals surface area contributed by atoms with E-state index in [2.05, 4.69) is 4.74 Å². The van der Waals surface area contributed by atoms with Crippen molar-refractivity contribution in [2.45, 2.75) is 25.4 Å². The Morgan fingerprint density at radius 1 is 1.09 bits per heavy atom. The van der Waals surface area contributed by atoms with E-state index in [4.69, 9.17) is 15.3 Å². The standard InChI is InChI=1S/C8H12O7.C6H6O/c1-2-15-6(11)4-8(14,7(12)13)3-5(9)10;7-6-4-2-1-3-5-6/h14H,2-4H2,1H3,(H,9,10)(H,12,13);1-5,7H. The molecule has 1 unspecified atom stereocenters. The summed E-state index contributed by atoms with van der Waals surface area (Å²) in [4.78, 5) is 31.8. The average molecular weight is 314 g/mol. The number of phenolic OH excluding ortho intramolecular Hbond substituents is 1. The Bertz CT molecular complexity index is 499. The van der Waals surface area contributed by atoms with Crippen LogP contribution in [0.4, 0.5) is 0 Å². The van der Waals surface area contributed by atoms with Crippen LogP contribution < -0.4 is 0 Å². The van der Waals surface area contributed by atoms with Crippen molar-refractivity contribution < 1.29 is 39.5 Å². The Hall–Kier alpha value is -2.61. The number of carboxylic acid groups (broad SMARTS) is 2. The summed E-state index contributed by atoms with van der Waals surface area (Å²) in [6.07, 6.45) is -1.94. The Balaban J connectivity index is 0.000000518. The number of esters is 1. The van der Waals surface area contributed by atoms with E-state index in [1.165, 1.54) is 6.92 Å². The zero-order valence-corrected chi connectivity index (χ0v) is 11.9. The van der Waals surface area contributed by atoms with E-state index in [-0.39, 0.29) is 6.61 Å². The van der Waals surface area contributed by atoms with E-state index in [0.29, 0.717) is 5.75 Å². The zero-order chi connectivity index (χ0) is 17.2. The van der Waals surface area contributed by atoms with Crippen LogP contribution in [0.25, 0.3) is 0 Å². The lowest BCUT2D eigenvalue weighted by Gasteiger charge is -2.19. The smallest absolute Gasteiger partial charge is 0.336 e. The third-order valence-electron chi connectivity index (χ3n) is 2.34. The fraction of sp³-hybridized carbons (Fsp3) is 0.357. The fourth-order valence-corrected chi connectivity index (χ4v) is 1.34. The van der Waals surface area contributed by atoms with E-state index < -0.39 is 36.4 Å². The second kappa shape index (κ2) is 9.35. The third-order valence-corrected chi connectivity index (χ3v) is 2.34. The molecular weight excluding hydrogens is 296 g/mol. The summed E-state index contributed by atoms with van der Waals surface area (Å²) in [5.41, 5.74) is -2.61. The summed E-state index contributed by atoms with van der Waals surface area (Å²) in [5, 5.41) is 34.9. The number of aliphatic hydroxyl groups is 1. The number of ether oxygens (including phenoxy) is 1. The minimum Gasteiger partial charge on any atom is -0.508 e. The highest BCUT2D eigenvalue weighted by Gasteiger charge is 2.41. The molecule has 0 heterocycles. The number of hydrogen-bond acceptors (Lipinski definition) is 6. The highest BCUT2D eigenvalue weighted by Crippen LogP contribution is 2.16. The fourth-order valence-electron chi connectivity index (χ4n) is 1.34. The maximum Gasteiger partial charge on any atom is 0.336 e. The van der Waals surface area contributed by atoms with Crippen molar-refractivity contribution in [2.75, 3.05) is 6.61 Å². The van der Waals surface area contributed by atoms with Crippen molar-refractivity contribution in [2.24, 2.45) is 0 Å². The molecule has 22 heavy (non-hydrogen) atoms. The molecule has 4 N–H and O–H groups in total. The molecule has 0 saturated heterocycles. The van der Waals surface area contributed by atoms with Gasteiger partial charge in [-0.05, 0) is 19.1 Å². The van der Waals surface area contributed by atoms with Gasteiger partial charge in [0, 0.05) is 0 Å². The maximum atomic E-state index is 10.9. The first-order valence-electron chi connectivity index (χ1n) is 6.28. The molecule has 1 aromatic carbocycles. The third kappa shape index (κ3) is 7.85. The molecule has 0 aromatic heterocycles. The van der Waals surface area contributed by atoms with Gasteiger partial charge in [0.05, 0.1) is 19.4 Å². The van der Waals surface area contributed by atoms with Gasteiger partial charge in [0.1, 0.15) is 5.75 Å². The van der Waals surface area contributed by atoms with Gasteiger partial charge in [0.2, 0.25) is 0 Å². The summed E-state index contributed by atoms with van der Waals surface area (Å²) < 4.78 is 4.41. The summed E-state index contributed by atoms with van der Waals surface area (Å²) in [6, 6.07) is 8.71. The van der Waals surface area contributed by atoms with Gasteiger partial charge in [-0.3, -0.25) is 9.59 Å². The average Bonchev–Trinajstić information content (AvgIpc) is 2.39. The van der Waals surface area contributed by atoms with Crippen LogP contribution in [0.2, 0.25) is 0 Å². The quantitative estimate of drug-likeness (QED) is 0.560. The van der Waals surface area contributed by atoms with Crippen LogP contribution in [0.15, 0.2) is 30.3 Å². The molecule has 0 spiro atoms. The number of rotatable bonds is 6. The topological polar surface area (TPSA) is 141 Å². The second-order valence-electron chi connectivity index (χ2n) is 4.22. The van der Waals surface area contributed by atoms with Crippen LogP contribution in [0.5, 0.6) is 5.75 Å². The van der Waals surface area contributed by atoms with Gasteiger partial charge in [-0.15, -0.1) is 0 Å². The Labute approximate surface area is 126 Å². The molecule has 0 aliphatic carbocycles. The van der Waals surface area contributed by atoms with Crippen LogP contribution in [0.3, 0.4) is 0 Å². The molecule has 1 rings (SSSR count). The molecule has 0 aliphatic heterocycles. The number of hydrogen-bond donors (Lipinski definition) is 4. The number of aromatic hydroxyl groups is 1. The zero-order valence-electron chi connectivity index (χ0n) is 11.9. The number of benzene rings is 1. The molecule has 8 heteroatoms. The Morgan fingerprint density at radius 2 is 1.64 bits per heavy atom. The summed E-state index contributed by atoms with van der Waals surface area (Å²) in [5.74, 6) is -3.91. The van der Waals surface area contributed by atoms with E-state index in [1.54, 1.807) is 24.3 Å². The molecule has 0 aliphatic rings. The van der Waals surface area contributed by atoms with Crippen molar-refractivity contribution >= 4 is 17.9 Å². The number of carbonyl (C=O) groups is 3. The Morgan fingerprint density at radius 3 is 1.95 bits per heavy atom. The van der Waals surface area contributed by atoms with Gasteiger partial charge < -0.3 is 25.2 Å². The molecular formula is C14H18O8. The van der Waals surface area contributed by atoms with E-state index in [0.717, 1.165) is 0 Å². The minimum absolute atomic E-state index is 0.0294. The van der Waals surface area contributed by atoms with Crippen LogP contribution in [-0.2, 0) is 19.1 Å². The monoisotopic (exact) mass is 314 g/mol. The lowest BCUT2D eigenvalue weighted by atomic mass is 9.96. The first-order valence-corrected chi connectivity index (χ1v) is 6.28. The number of carboxylic acids is 2. The van der Waals surface area contributed by atoms with Crippen molar-refractivity contribution in [3.05, 3.63) is 30.3 Å². The summed E-state index contributed by atoms with van der Waals surface area (Å²) >= 11 is 0. The summed E-state index contributed by atoms with van der Waals surface area (Å²) in [7, 11) is 0. The largest absolute Gasteiger partial charge is 0.508 e. The van der Waals surface area contributed by atoms with Gasteiger partial charge in [0.25, 0.3) is 0 Å². The van der Waals surface area contributed by atoms with Crippen molar-refractivity contribution in [1.82, 2.24) is 0 Å². The van der Waals surface area contributed by atoms with Crippen LogP contribution in [0.1, 0.15) is 19.8 Å². The molecule has 0 bridgehead atoms. The second-order valence-corrected chi connectivity index (χ2v) is 4.22. The number of carbonyl (C=O) groups excluding carboxylic acids is 1. The SMILES string of the molecule is CCOC(=O)CC(O)(CC(=O)O)C(=O)O.Oc1ccccc1. The van der Waals surface area contributed by atoms with Crippen molar-refractivity contribution in [3.63, 3.8) is 0 Å². The minimum atomic E-state index is -2.61. The first-order chi connectivity index (χ1) is 10.2. The summed E-state index contributed by atoms with van der Waals surface area (Å²) in [6.45, 7) is 1.54. The predicted molar refractivity (Wildman–Crippen MR) is 74.2 cm³/mol. The molecule has 1 atom stereocenters. The number of phenols is 1. The number of aliphatic carboxylic acids is 2. The number of para-hydroxylation sites is 1. The first kappa shape index (κ1) is 19.4. The highest BCUT2D eigenvalue weighted by molar-refractivity contribution is 5.88. The molecule has 8 nitrogen and oxygen atoms in total. The lowest BCUT2D eigenvalue weighted by Crippen LogP contribution is -2.43. The molecule has 0 fully saturated rings. The van der Waals surface area contributed by atoms with Crippen LogP contribution in [0, 0.1) is 0 Å². The maximum absolute atomic E-state index is 10.9. The van der Waals surface area contributed by atoms with Crippen LogP contribution in [-0.4, -0.2) is 50.5 Å².